The number of nitrogens with one attached hydrogen (secondary N) is 2. The van der Waals surface area contributed by atoms with Crippen LogP contribution in [0.1, 0.15) is 44.2 Å². The molecule has 0 radical (unpaired) electrons. The summed E-state index contributed by atoms with van der Waals surface area (Å²) in [5.41, 5.74) is 3.48. The molecule has 0 unspecified atom stereocenters. The van der Waals surface area contributed by atoms with Crippen molar-refractivity contribution in [3.63, 3.8) is 0 Å². The first-order valence-corrected chi connectivity index (χ1v) is 7.41. The second kappa shape index (κ2) is 6.71. The standard InChI is InChI=1S/C16H24N2O/c1-3-12-8-7-9-13(4-2)15(12)18-16(19)14-10-5-6-11-17-14/h7-9,14,17H,3-6,10-11H2,1-2H3,(H,18,19)/t14-/m0/s1. The van der Waals surface area contributed by atoms with Gasteiger partial charge in [-0.2, -0.15) is 0 Å². The van der Waals surface area contributed by atoms with E-state index in [0.717, 1.165) is 37.9 Å². The van der Waals surface area contributed by atoms with Crippen LogP contribution in [0.5, 0.6) is 0 Å². The van der Waals surface area contributed by atoms with E-state index in [1.54, 1.807) is 0 Å². The van der Waals surface area contributed by atoms with Gasteiger partial charge in [-0.15, -0.1) is 0 Å². The first-order valence-electron chi connectivity index (χ1n) is 7.41. The second-order valence-electron chi connectivity index (χ2n) is 5.15. The van der Waals surface area contributed by atoms with Gasteiger partial charge >= 0.3 is 0 Å². The number of benzene rings is 1. The number of anilines is 1. The molecule has 1 saturated heterocycles. The van der Waals surface area contributed by atoms with Gasteiger partial charge in [0.25, 0.3) is 0 Å². The third-order valence-corrected chi connectivity index (χ3v) is 3.87. The van der Waals surface area contributed by atoms with E-state index >= 15 is 0 Å². The minimum atomic E-state index is -0.0247. The largest absolute Gasteiger partial charge is 0.324 e. The summed E-state index contributed by atoms with van der Waals surface area (Å²) in [6, 6.07) is 6.25. The van der Waals surface area contributed by atoms with Crippen LogP contribution in [0.4, 0.5) is 5.69 Å². The van der Waals surface area contributed by atoms with E-state index in [4.69, 9.17) is 0 Å². The minimum Gasteiger partial charge on any atom is -0.324 e. The van der Waals surface area contributed by atoms with Crippen molar-refractivity contribution in [2.75, 3.05) is 11.9 Å². The molecule has 0 aromatic heterocycles. The fourth-order valence-corrected chi connectivity index (χ4v) is 2.69. The van der Waals surface area contributed by atoms with Gasteiger partial charge in [-0.3, -0.25) is 4.79 Å². The number of carbonyl (C=O) groups is 1. The van der Waals surface area contributed by atoms with E-state index in [0.29, 0.717) is 0 Å². The SMILES string of the molecule is CCc1cccc(CC)c1NC(=O)[C@@H]1CCCCN1. The van der Waals surface area contributed by atoms with Crippen molar-refractivity contribution in [3.8, 4) is 0 Å². The van der Waals surface area contributed by atoms with Crippen molar-refractivity contribution in [3.05, 3.63) is 29.3 Å². The lowest BCUT2D eigenvalue weighted by atomic mass is 10.0. The molecule has 2 rings (SSSR count). The number of hydrogen-bond acceptors (Lipinski definition) is 2. The number of aryl methyl sites for hydroxylation is 2. The molecular weight excluding hydrogens is 236 g/mol. The minimum absolute atomic E-state index is 0.0247. The maximum Gasteiger partial charge on any atom is 0.241 e. The Kier molecular flexibility index (Phi) is 4.97. The maximum atomic E-state index is 12.3. The lowest BCUT2D eigenvalue weighted by molar-refractivity contribution is -0.118. The van der Waals surface area contributed by atoms with Crippen LogP contribution in [0.15, 0.2) is 18.2 Å². The molecule has 1 fully saturated rings. The van der Waals surface area contributed by atoms with Crippen LogP contribution in [0.25, 0.3) is 0 Å². The molecule has 1 amide bonds. The van der Waals surface area contributed by atoms with Crippen molar-refractivity contribution in [2.24, 2.45) is 0 Å². The number of amides is 1. The molecule has 0 bridgehead atoms. The van der Waals surface area contributed by atoms with Crippen molar-refractivity contribution < 1.29 is 4.79 Å². The van der Waals surface area contributed by atoms with Crippen molar-refractivity contribution in [2.45, 2.75) is 52.0 Å². The smallest absolute Gasteiger partial charge is 0.241 e. The summed E-state index contributed by atoms with van der Waals surface area (Å²) >= 11 is 0. The molecule has 3 heteroatoms. The molecule has 0 aliphatic carbocycles. The Hall–Kier alpha value is -1.35. The van der Waals surface area contributed by atoms with Gasteiger partial charge in [-0.1, -0.05) is 38.5 Å². The summed E-state index contributed by atoms with van der Waals surface area (Å²) in [6.45, 7) is 5.21. The Morgan fingerprint density at radius 2 is 1.95 bits per heavy atom. The Morgan fingerprint density at radius 3 is 2.47 bits per heavy atom. The van der Waals surface area contributed by atoms with Crippen LogP contribution in [-0.2, 0) is 17.6 Å². The molecule has 0 spiro atoms. The molecule has 2 N–H and O–H groups in total. The number of hydrogen-bond donors (Lipinski definition) is 2. The Morgan fingerprint density at radius 1 is 1.26 bits per heavy atom. The molecule has 1 aliphatic rings. The summed E-state index contributed by atoms with van der Waals surface area (Å²) in [5, 5.41) is 6.45. The lowest BCUT2D eigenvalue weighted by Crippen LogP contribution is -2.43. The number of rotatable bonds is 4. The summed E-state index contributed by atoms with van der Waals surface area (Å²) in [6.07, 6.45) is 5.15. The van der Waals surface area contributed by atoms with E-state index in [2.05, 4.69) is 42.7 Å². The zero-order chi connectivity index (χ0) is 13.7. The average Bonchev–Trinajstić information content (AvgIpc) is 2.48. The molecule has 1 aromatic rings. The third-order valence-electron chi connectivity index (χ3n) is 3.87. The van der Waals surface area contributed by atoms with Crippen molar-refractivity contribution in [1.29, 1.82) is 0 Å². The predicted molar refractivity (Wildman–Crippen MR) is 79.5 cm³/mol. The molecule has 1 aliphatic heterocycles. The summed E-state index contributed by atoms with van der Waals surface area (Å²) in [5.74, 6) is 0.121. The second-order valence-corrected chi connectivity index (χ2v) is 5.15. The highest BCUT2D eigenvalue weighted by molar-refractivity contribution is 5.96. The van der Waals surface area contributed by atoms with E-state index in [1.807, 2.05) is 0 Å². The Labute approximate surface area is 115 Å². The molecule has 19 heavy (non-hydrogen) atoms. The van der Waals surface area contributed by atoms with Gasteiger partial charge in [-0.25, -0.2) is 0 Å². The van der Waals surface area contributed by atoms with Gasteiger partial charge in [0.15, 0.2) is 0 Å². The van der Waals surface area contributed by atoms with E-state index < -0.39 is 0 Å². The normalized spacial score (nSPS) is 19.2. The fraction of sp³-hybridized carbons (Fsp3) is 0.562. The summed E-state index contributed by atoms with van der Waals surface area (Å²) in [7, 11) is 0. The van der Waals surface area contributed by atoms with Crippen molar-refractivity contribution >= 4 is 11.6 Å². The Bertz CT molecular complexity index is 414. The van der Waals surface area contributed by atoms with E-state index in [1.165, 1.54) is 17.5 Å². The number of para-hydroxylation sites is 1. The van der Waals surface area contributed by atoms with Gasteiger partial charge in [0.1, 0.15) is 0 Å². The van der Waals surface area contributed by atoms with Crippen LogP contribution < -0.4 is 10.6 Å². The van der Waals surface area contributed by atoms with E-state index in [-0.39, 0.29) is 11.9 Å². The molecule has 1 aromatic carbocycles. The summed E-state index contributed by atoms with van der Waals surface area (Å²) in [4.78, 5) is 12.3. The molecule has 1 heterocycles. The van der Waals surface area contributed by atoms with Gasteiger partial charge in [0.2, 0.25) is 5.91 Å². The van der Waals surface area contributed by atoms with Gasteiger partial charge < -0.3 is 10.6 Å². The first-order chi connectivity index (χ1) is 9.26. The van der Waals surface area contributed by atoms with Crippen LogP contribution in [0.3, 0.4) is 0 Å². The quantitative estimate of drug-likeness (QED) is 0.874. The van der Waals surface area contributed by atoms with E-state index in [9.17, 15) is 4.79 Å². The monoisotopic (exact) mass is 260 g/mol. The van der Waals surface area contributed by atoms with Crippen LogP contribution >= 0.6 is 0 Å². The fourth-order valence-electron chi connectivity index (χ4n) is 2.69. The molecular formula is C16H24N2O. The van der Waals surface area contributed by atoms with Crippen LogP contribution in [0.2, 0.25) is 0 Å². The zero-order valence-electron chi connectivity index (χ0n) is 12.0. The number of carbonyl (C=O) groups excluding carboxylic acids is 1. The highest BCUT2D eigenvalue weighted by Crippen LogP contribution is 2.23. The van der Waals surface area contributed by atoms with Crippen LogP contribution in [-0.4, -0.2) is 18.5 Å². The highest BCUT2D eigenvalue weighted by Gasteiger charge is 2.21. The topological polar surface area (TPSA) is 41.1 Å². The summed E-state index contributed by atoms with van der Waals surface area (Å²) < 4.78 is 0. The molecule has 3 nitrogen and oxygen atoms in total. The van der Waals surface area contributed by atoms with Gasteiger partial charge in [0.05, 0.1) is 6.04 Å². The highest BCUT2D eigenvalue weighted by atomic mass is 16.2. The number of piperidine rings is 1. The molecule has 1 atom stereocenters. The lowest BCUT2D eigenvalue weighted by Gasteiger charge is -2.24. The third kappa shape index (κ3) is 3.35. The zero-order valence-corrected chi connectivity index (χ0v) is 12.0. The first kappa shape index (κ1) is 14.1. The Balaban J connectivity index is 2.15. The van der Waals surface area contributed by atoms with Gasteiger partial charge in [0, 0.05) is 5.69 Å². The van der Waals surface area contributed by atoms with Crippen LogP contribution in [0, 0.1) is 0 Å². The average molecular weight is 260 g/mol. The van der Waals surface area contributed by atoms with Gasteiger partial charge in [-0.05, 0) is 43.4 Å². The maximum absolute atomic E-state index is 12.3. The molecule has 104 valence electrons. The predicted octanol–water partition coefficient (Wildman–Crippen LogP) is 2.89. The molecule has 0 saturated carbocycles. The van der Waals surface area contributed by atoms with Crippen molar-refractivity contribution in [1.82, 2.24) is 5.32 Å².